The van der Waals surface area contributed by atoms with Gasteiger partial charge in [0, 0.05) is 16.2 Å². The molecule has 0 spiro atoms. The van der Waals surface area contributed by atoms with E-state index in [4.69, 9.17) is 0 Å². The van der Waals surface area contributed by atoms with Gasteiger partial charge in [0.25, 0.3) is 0 Å². The molecule has 0 aliphatic heterocycles. The standard InChI is InChI=1S/C16H16BrN3/c1-16(2,3)12-6-4-11(5-7-12)15-19-18-14-10-13(17)8-9-20(14)15/h4-10H,1-3H3. The van der Waals surface area contributed by atoms with Gasteiger partial charge in [-0.05, 0) is 23.1 Å². The molecule has 0 N–H and O–H groups in total. The minimum atomic E-state index is 0.163. The first-order valence-corrected chi connectivity index (χ1v) is 7.36. The molecular formula is C16H16BrN3. The zero-order chi connectivity index (χ0) is 14.3. The number of rotatable bonds is 1. The van der Waals surface area contributed by atoms with Gasteiger partial charge in [-0.1, -0.05) is 61.0 Å². The molecule has 3 nitrogen and oxygen atoms in total. The molecule has 1 aromatic carbocycles. The summed E-state index contributed by atoms with van der Waals surface area (Å²) in [5.41, 5.74) is 3.40. The summed E-state index contributed by atoms with van der Waals surface area (Å²) >= 11 is 3.45. The highest BCUT2D eigenvalue weighted by Crippen LogP contribution is 2.26. The van der Waals surface area contributed by atoms with Crippen LogP contribution in [0.4, 0.5) is 0 Å². The third-order valence-corrected chi connectivity index (χ3v) is 3.87. The van der Waals surface area contributed by atoms with Crippen LogP contribution in [0.5, 0.6) is 0 Å². The van der Waals surface area contributed by atoms with Crippen LogP contribution in [0.25, 0.3) is 17.0 Å². The largest absolute Gasteiger partial charge is 0.282 e. The van der Waals surface area contributed by atoms with Crippen LogP contribution in [-0.4, -0.2) is 14.6 Å². The quantitative estimate of drug-likeness (QED) is 0.660. The van der Waals surface area contributed by atoms with Crippen LogP contribution in [0.15, 0.2) is 47.1 Å². The maximum atomic E-state index is 4.29. The summed E-state index contributed by atoms with van der Waals surface area (Å²) in [6.45, 7) is 6.64. The average molecular weight is 330 g/mol. The maximum absolute atomic E-state index is 4.29. The molecule has 4 heteroatoms. The third-order valence-electron chi connectivity index (χ3n) is 3.38. The Kier molecular flexibility index (Phi) is 3.13. The van der Waals surface area contributed by atoms with Gasteiger partial charge in [-0.25, -0.2) is 0 Å². The summed E-state index contributed by atoms with van der Waals surface area (Å²) in [7, 11) is 0. The van der Waals surface area contributed by atoms with Crippen molar-refractivity contribution in [2.24, 2.45) is 0 Å². The molecule has 0 saturated carbocycles. The lowest BCUT2D eigenvalue weighted by Crippen LogP contribution is -2.10. The molecule has 2 aromatic heterocycles. The molecule has 0 bridgehead atoms. The monoisotopic (exact) mass is 329 g/mol. The van der Waals surface area contributed by atoms with Crippen molar-refractivity contribution < 1.29 is 0 Å². The molecule has 0 aliphatic carbocycles. The lowest BCUT2D eigenvalue weighted by Gasteiger charge is -2.18. The van der Waals surface area contributed by atoms with Crippen LogP contribution in [-0.2, 0) is 5.41 Å². The van der Waals surface area contributed by atoms with Crippen LogP contribution < -0.4 is 0 Å². The Labute approximate surface area is 126 Å². The first kappa shape index (κ1) is 13.3. The van der Waals surface area contributed by atoms with Crippen LogP contribution in [0.3, 0.4) is 0 Å². The maximum Gasteiger partial charge on any atom is 0.168 e. The van der Waals surface area contributed by atoms with Gasteiger partial charge in [0.2, 0.25) is 0 Å². The van der Waals surface area contributed by atoms with Gasteiger partial charge >= 0.3 is 0 Å². The molecule has 3 rings (SSSR count). The zero-order valence-corrected chi connectivity index (χ0v) is 13.3. The van der Waals surface area contributed by atoms with E-state index in [-0.39, 0.29) is 5.41 Å². The second kappa shape index (κ2) is 4.70. The first-order chi connectivity index (χ1) is 9.45. The Morgan fingerprint density at radius 3 is 2.35 bits per heavy atom. The molecule has 0 saturated heterocycles. The Hall–Kier alpha value is -1.68. The molecule has 2 heterocycles. The van der Waals surface area contributed by atoms with Crippen molar-refractivity contribution in [2.45, 2.75) is 26.2 Å². The van der Waals surface area contributed by atoms with E-state index in [0.717, 1.165) is 21.5 Å². The van der Waals surface area contributed by atoms with E-state index in [1.54, 1.807) is 0 Å². The van der Waals surface area contributed by atoms with Gasteiger partial charge in [-0.3, -0.25) is 4.40 Å². The highest BCUT2D eigenvalue weighted by Gasteiger charge is 2.14. The number of halogens is 1. The van der Waals surface area contributed by atoms with Crippen LogP contribution in [0, 0.1) is 0 Å². The number of hydrogen-bond acceptors (Lipinski definition) is 2. The van der Waals surface area contributed by atoms with E-state index in [0.29, 0.717) is 0 Å². The second-order valence-corrected chi connectivity index (χ2v) is 6.84. The minimum Gasteiger partial charge on any atom is -0.282 e. The van der Waals surface area contributed by atoms with Crippen molar-refractivity contribution in [1.82, 2.24) is 14.6 Å². The highest BCUT2D eigenvalue weighted by molar-refractivity contribution is 9.10. The third kappa shape index (κ3) is 2.36. The van der Waals surface area contributed by atoms with Gasteiger partial charge in [0.05, 0.1) is 0 Å². The fourth-order valence-corrected chi connectivity index (χ4v) is 2.51. The number of aromatic nitrogens is 3. The number of benzene rings is 1. The zero-order valence-electron chi connectivity index (χ0n) is 11.8. The average Bonchev–Trinajstić information content (AvgIpc) is 2.80. The molecular weight excluding hydrogens is 314 g/mol. The van der Waals surface area contributed by atoms with Crippen molar-refractivity contribution in [3.05, 3.63) is 52.6 Å². The van der Waals surface area contributed by atoms with E-state index in [9.17, 15) is 0 Å². The molecule has 20 heavy (non-hydrogen) atoms. The Morgan fingerprint density at radius 2 is 1.70 bits per heavy atom. The van der Waals surface area contributed by atoms with E-state index in [1.165, 1.54) is 5.56 Å². The number of pyridine rings is 1. The van der Waals surface area contributed by atoms with Gasteiger partial charge < -0.3 is 0 Å². The predicted octanol–water partition coefficient (Wildman–Crippen LogP) is 4.46. The lowest BCUT2D eigenvalue weighted by molar-refractivity contribution is 0.590. The fraction of sp³-hybridized carbons (Fsp3) is 0.250. The molecule has 0 aliphatic rings. The van der Waals surface area contributed by atoms with Crippen molar-refractivity contribution >= 4 is 21.6 Å². The van der Waals surface area contributed by atoms with Gasteiger partial charge in [-0.2, -0.15) is 0 Å². The Bertz CT molecular complexity index is 751. The number of nitrogens with zero attached hydrogens (tertiary/aromatic N) is 3. The molecule has 0 unspecified atom stereocenters. The van der Waals surface area contributed by atoms with Gasteiger partial charge in [0.15, 0.2) is 11.5 Å². The van der Waals surface area contributed by atoms with E-state index >= 15 is 0 Å². The topological polar surface area (TPSA) is 30.2 Å². The molecule has 3 aromatic rings. The van der Waals surface area contributed by atoms with E-state index in [1.807, 2.05) is 22.7 Å². The van der Waals surface area contributed by atoms with Crippen molar-refractivity contribution in [3.63, 3.8) is 0 Å². The summed E-state index contributed by atoms with van der Waals surface area (Å²) in [5, 5.41) is 8.50. The van der Waals surface area contributed by atoms with E-state index in [2.05, 4.69) is 71.2 Å². The molecule has 0 fully saturated rings. The molecule has 0 atom stereocenters. The van der Waals surface area contributed by atoms with Crippen LogP contribution in [0.2, 0.25) is 0 Å². The number of fused-ring (bicyclic) bond motifs is 1. The normalized spacial score (nSPS) is 12.0. The summed E-state index contributed by atoms with van der Waals surface area (Å²) in [6.07, 6.45) is 1.98. The predicted molar refractivity (Wildman–Crippen MR) is 84.8 cm³/mol. The summed E-state index contributed by atoms with van der Waals surface area (Å²) in [6, 6.07) is 12.5. The Morgan fingerprint density at radius 1 is 1.00 bits per heavy atom. The van der Waals surface area contributed by atoms with Crippen LogP contribution in [0.1, 0.15) is 26.3 Å². The highest BCUT2D eigenvalue weighted by atomic mass is 79.9. The SMILES string of the molecule is CC(C)(C)c1ccc(-c2nnc3cc(Br)ccn23)cc1. The summed E-state index contributed by atoms with van der Waals surface area (Å²) in [5.74, 6) is 0.868. The van der Waals surface area contributed by atoms with Crippen molar-refractivity contribution in [2.75, 3.05) is 0 Å². The smallest absolute Gasteiger partial charge is 0.168 e. The molecule has 102 valence electrons. The van der Waals surface area contributed by atoms with Crippen molar-refractivity contribution in [3.8, 4) is 11.4 Å². The van der Waals surface area contributed by atoms with Crippen LogP contribution >= 0.6 is 15.9 Å². The van der Waals surface area contributed by atoms with E-state index < -0.39 is 0 Å². The molecule has 0 radical (unpaired) electrons. The summed E-state index contributed by atoms with van der Waals surface area (Å²) < 4.78 is 3.00. The van der Waals surface area contributed by atoms with Gasteiger partial charge in [0.1, 0.15) is 0 Å². The minimum absolute atomic E-state index is 0.163. The van der Waals surface area contributed by atoms with Gasteiger partial charge in [-0.15, -0.1) is 10.2 Å². The second-order valence-electron chi connectivity index (χ2n) is 5.92. The fourth-order valence-electron chi connectivity index (χ4n) is 2.18. The lowest BCUT2D eigenvalue weighted by atomic mass is 9.87. The molecule has 0 amide bonds. The first-order valence-electron chi connectivity index (χ1n) is 6.56. The summed E-state index contributed by atoms with van der Waals surface area (Å²) in [4.78, 5) is 0. The number of hydrogen-bond donors (Lipinski definition) is 0. The van der Waals surface area contributed by atoms with Crippen molar-refractivity contribution in [1.29, 1.82) is 0 Å². The Balaban J connectivity index is 2.07.